The molecule has 0 aliphatic heterocycles. The van der Waals surface area contributed by atoms with Crippen LogP contribution in [0.5, 0.6) is 0 Å². The Morgan fingerprint density at radius 1 is 1.80 bits per heavy atom. The van der Waals surface area contributed by atoms with E-state index in [1.807, 2.05) is 0 Å². The minimum atomic E-state index is 1.21. The molecule has 0 N–H and O–H groups in total. The standard InChI is InChI=1S/C4H8.Cr/c1-3-4-2;/h1H,3-4H2,2H3;. The van der Waals surface area contributed by atoms with E-state index in [9.17, 15) is 0 Å². The fraction of sp³-hybridized carbons (Fsp3) is 0.750. The van der Waals surface area contributed by atoms with Gasteiger partial charge >= 0.3 is 40.5 Å². The first-order valence-corrected chi connectivity index (χ1v) is 2.59. The summed E-state index contributed by atoms with van der Waals surface area (Å²) in [6, 6.07) is 0. The molecule has 0 aromatic rings. The van der Waals surface area contributed by atoms with Gasteiger partial charge in [-0.05, 0) is 0 Å². The van der Waals surface area contributed by atoms with Crippen LogP contribution in [-0.2, 0) is 15.9 Å². The first-order valence-electron chi connectivity index (χ1n) is 1.85. The van der Waals surface area contributed by atoms with Gasteiger partial charge in [0.15, 0.2) is 0 Å². The molecule has 0 aromatic carbocycles. The predicted molar refractivity (Wildman–Crippen MR) is 21.0 cm³/mol. The third-order valence-corrected chi connectivity index (χ3v) is 0.775. The van der Waals surface area contributed by atoms with Crippen LogP contribution >= 0.6 is 0 Å². The molecule has 0 atom stereocenters. The Kier molecular flexibility index (Phi) is 4.76. The Hall–Kier alpha value is 0.402. The Labute approximate surface area is 41.2 Å². The van der Waals surface area contributed by atoms with Crippen LogP contribution in [0.2, 0.25) is 0 Å². The average molecular weight is 108 g/mol. The molecule has 0 aliphatic rings. The van der Waals surface area contributed by atoms with Gasteiger partial charge in [-0.15, -0.1) is 0 Å². The first kappa shape index (κ1) is 5.40. The van der Waals surface area contributed by atoms with Crippen molar-refractivity contribution in [3.05, 3.63) is 0 Å². The summed E-state index contributed by atoms with van der Waals surface area (Å²) < 4.78 is 0. The van der Waals surface area contributed by atoms with Crippen molar-refractivity contribution in [3.8, 4) is 0 Å². The summed E-state index contributed by atoms with van der Waals surface area (Å²) in [4.78, 5) is 2.06. The minimum absolute atomic E-state index is 1.21. The Morgan fingerprint density at radius 2 is 2.40 bits per heavy atom. The molecule has 0 amide bonds. The molecule has 0 fully saturated rings. The fourth-order valence-corrected chi connectivity index (χ4v) is 0.486. The van der Waals surface area contributed by atoms with E-state index in [0.717, 1.165) is 0 Å². The molecule has 0 rings (SSSR count). The molecular weight excluding hydrogens is 100 g/mol. The van der Waals surface area contributed by atoms with Gasteiger partial charge in [0.2, 0.25) is 0 Å². The number of rotatable bonds is 2. The number of unbranched alkanes of at least 4 members (excludes halogenated alkanes) is 1. The quantitative estimate of drug-likeness (QED) is 0.497. The van der Waals surface area contributed by atoms with Crippen LogP contribution in [0.15, 0.2) is 0 Å². The van der Waals surface area contributed by atoms with Gasteiger partial charge in [-0.3, -0.25) is 0 Å². The molecule has 0 spiro atoms. The number of hydrogen-bond acceptors (Lipinski definition) is 0. The van der Waals surface area contributed by atoms with Gasteiger partial charge in [-0.25, -0.2) is 0 Å². The van der Waals surface area contributed by atoms with Crippen molar-refractivity contribution < 1.29 is 15.9 Å². The topological polar surface area (TPSA) is 0 Å². The van der Waals surface area contributed by atoms with Crippen LogP contribution in [0.1, 0.15) is 19.8 Å². The zero-order valence-corrected chi connectivity index (χ0v) is 4.67. The van der Waals surface area contributed by atoms with Crippen LogP contribution in [-0.4, -0.2) is 4.88 Å². The molecule has 0 aromatic heterocycles. The van der Waals surface area contributed by atoms with Crippen LogP contribution < -0.4 is 0 Å². The van der Waals surface area contributed by atoms with Crippen LogP contribution in [0.25, 0.3) is 0 Å². The SMILES string of the molecule is CCC[CH]=[Cr]. The Balaban J connectivity index is 2.40. The van der Waals surface area contributed by atoms with E-state index in [1.165, 1.54) is 12.8 Å². The molecule has 0 saturated carbocycles. The molecule has 0 aliphatic carbocycles. The van der Waals surface area contributed by atoms with Crippen molar-refractivity contribution in [1.82, 2.24) is 0 Å². The molecule has 0 saturated heterocycles. The summed E-state index contributed by atoms with van der Waals surface area (Å²) in [6.07, 6.45) is 2.47. The van der Waals surface area contributed by atoms with Crippen molar-refractivity contribution in [2.75, 3.05) is 0 Å². The van der Waals surface area contributed by atoms with Crippen LogP contribution in [0.4, 0.5) is 0 Å². The average Bonchev–Trinajstić information content (AvgIpc) is 1.41. The predicted octanol–water partition coefficient (Wildman–Crippen LogP) is 1.14. The van der Waals surface area contributed by atoms with E-state index in [-0.39, 0.29) is 0 Å². The molecule has 0 unspecified atom stereocenters. The van der Waals surface area contributed by atoms with Gasteiger partial charge < -0.3 is 0 Å². The molecule has 1 heteroatoms. The second-order valence-corrected chi connectivity index (χ2v) is 1.48. The molecule has 30 valence electrons. The van der Waals surface area contributed by atoms with E-state index in [4.69, 9.17) is 0 Å². The molecular formula is C4H8Cr. The fourth-order valence-electron chi connectivity index (χ4n) is 0.118. The van der Waals surface area contributed by atoms with Crippen molar-refractivity contribution in [2.45, 2.75) is 19.8 Å². The third-order valence-electron chi connectivity index (χ3n) is 0.407. The molecule has 0 bridgehead atoms. The van der Waals surface area contributed by atoms with Gasteiger partial charge in [0.25, 0.3) is 0 Å². The van der Waals surface area contributed by atoms with E-state index in [0.29, 0.717) is 0 Å². The molecule has 0 radical (unpaired) electrons. The Bertz CT molecular complexity index is 24.8. The van der Waals surface area contributed by atoms with Crippen molar-refractivity contribution in [1.29, 1.82) is 0 Å². The third kappa shape index (κ3) is 4.40. The van der Waals surface area contributed by atoms with E-state index >= 15 is 0 Å². The van der Waals surface area contributed by atoms with Gasteiger partial charge in [0, 0.05) is 0 Å². The van der Waals surface area contributed by atoms with E-state index in [1.54, 1.807) is 0 Å². The second kappa shape index (κ2) is 4.40. The van der Waals surface area contributed by atoms with Gasteiger partial charge in [0.1, 0.15) is 0 Å². The molecule has 0 heterocycles. The van der Waals surface area contributed by atoms with Crippen molar-refractivity contribution in [2.24, 2.45) is 0 Å². The summed E-state index contributed by atoms with van der Waals surface area (Å²) >= 11 is 2.82. The first-order chi connectivity index (χ1) is 2.41. The summed E-state index contributed by atoms with van der Waals surface area (Å²) in [5, 5.41) is 0. The van der Waals surface area contributed by atoms with Crippen LogP contribution in [0.3, 0.4) is 0 Å². The van der Waals surface area contributed by atoms with E-state index < -0.39 is 0 Å². The summed E-state index contributed by atoms with van der Waals surface area (Å²) in [6.45, 7) is 2.16. The van der Waals surface area contributed by atoms with E-state index in [2.05, 4.69) is 27.7 Å². The van der Waals surface area contributed by atoms with Gasteiger partial charge in [0.05, 0.1) is 0 Å². The number of hydrogen-bond donors (Lipinski definition) is 0. The van der Waals surface area contributed by atoms with Crippen LogP contribution in [0, 0.1) is 0 Å². The normalized spacial score (nSPS) is 7.40. The monoisotopic (exact) mass is 108 g/mol. The Morgan fingerprint density at radius 3 is 2.40 bits per heavy atom. The maximum absolute atomic E-state index is 2.82. The summed E-state index contributed by atoms with van der Waals surface area (Å²) in [5.41, 5.74) is 0. The van der Waals surface area contributed by atoms with Gasteiger partial charge in [-0.2, -0.15) is 0 Å². The maximum atomic E-state index is 2.82. The van der Waals surface area contributed by atoms with Gasteiger partial charge in [-0.1, -0.05) is 0 Å². The second-order valence-electron chi connectivity index (χ2n) is 0.955. The molecule has 0 nitrogen and oxygen atoms in total. The van der Waals surface area contributed by atoms with Crippen molar-refractivity contribution in [3.63, 3.8) is 0 Å². The van der Waals surface area contributed by atoms with Crippen molar-refractivity contribution >= 4 is 4.88 Å². The summed E-state index contributed by atoms with van der Waals surface area (Å²) in [7, 11) is 0. The molecule has 5 heavy (non-hydrogen) atoms. The summed E-state index contributed by atoms with van der Waals surface area (Å²) in [5.74, 6) is 0. The zero-order chi connectivity index (χ0) is 4.12. The zero-order valence-electron chi connectivity index (χ0n) is 3.40.